The van der Waals surface area contributed by atoms with Gasteiger partial charge in [-0.1, -0.05) is 6.07 Å². The van der Waals surface area contributed by atoms with Gasteiger partial charge in [0.1, 0.15) is 5.82 Å². The fourth-order valence-electron chi connectivity index (χ4n) is 5.22. The first kappa shape index (κ1) is 22.6. The molecule has 7 heterocycles. The van der Waals surface area contributed by atoms with Gasteiger partial charge in [-0.2, -0.15) is 5.10 Å². The average molecular weight is 490 g/mol. The van der Waals surface area contributed by atoms with Crippen molar-refractivity contribution in [2.24, 2.45) is 5.92 Å². The van der Waals surface area contributed by atoms with Crippen molar-refractivity contribution in [3.63, 3.8) is 0 Å². The summed E-state index contributed by atoms with van der Waals surface area (Å²) in [5, 5.41) is 13.8. The van der Waals surface area contributed by atoms with Crippen molar-refractivity contribution in [2.45, 2.75) is 25.4 Å². The first-order valence-electron chi connectivity index (χ1n) is 12.3. The number of fused-ring (bicyclic) bond motifs is 5. The van der Waals surface area contributed by atoms with E-state index < -0.39 is 0 Å². The lowest BCUT2D eigenvalue weighted by molar-refractivity contribution is 0.210. The molecule has 182 valence electrons. The first-order valence-corrected chi connectivity index (χ1v) is 13.2. The summed E-state index contributed by atoms with van der Waals surface area (Å²) in [6, 6.07) is 11.1. The van der Waals surface area contributed by atoms with Gasteiger partial charge in [0, 0.05) is 45.5 Å². The Morgan fingerprint density at radius 2 is 2.14 bits per heavy atom. The Kier molecular flexibility index (Phi) is 6.47. The molecule has 0 amide bonds. The van der Waals surface area contributed by atoms with Crippen LogP contribution < -0.4 is 10.6 Å². The number of aromatic nitrogens is 4. The standard InChI is InChI=1S/C26H31N7OS/c1-34-9-7-27-25-12-19(16-32-15-18-4-5-20(17-32)28-13-18)11-23(30-25)21-14-29-33-8-6-22(31-26(21)33)24-3-2-10-35-24/h2-3,6,8,10-12,14,18,20,28H,4-5,7,9,13,15-17H2,1H3,(H,27,30). The second-order valence-electron chi connectivity index (χ2n) is 9.52. The van der Waals surface area contributed by atoms with Crippen LogP contribution in [0.4, 0.5) is 5.82 Å². The van der Waals surface area contributed by atoms with Crippen LogP contribution in [0.2, 0.25) is 0 Å². The molecule has 2 N–H and O–H groups in total. The molecule has 0 spiro atoms. The Morgan fingerprint density at radius 3 is 2.97 bits per heavy atom. The number of anilines is 1. The van der Waals surface area contributed by atoms with Crippen LogP contribution in [0.5, 0.6) is 0 Å². The van der Waals surface area contributed by atoms with Crippen molar-refractivity contribution in [2.75, 3.05) is 45.2 Å². The number of hydrogen-bond donors (Lipinski definition) is 2. The number of thiophene rings is 1. The lowest BCUT2D eigenvalue weighted by Crippen LogP contribution is -2.39. The number of rotatable bonds is 8. The molecular weight excluding hydrogens is 458 g/mol. The SMILES string of the molecule is COCCNc1cc(CN2CC3CCC(C2)NC3)cc(-c2cnn3ccc(-c4cccs4)nc23)n1. The van der Waals surface area contributed by atoms with E-state index in [0.717, 1.165) is 65.4 Å². The highest BCUT2D eigenvalue weighted by atomic mass is 32.1. The summed E-state index contributed by atoms with van der Waals surface area (Å²) in [6.45, 7) is 5.65. The third-order valence-electron chi connectivity index (χ3n) is 6.94. The number of ether oxygens (including phenoxy) is 1. The van der Waals surface area contributed by atoms with Crippen molar-refractivity contribution in [3.05, 3.63) is 53.7 Å². The molecule has 7 rings (SSSR count). The number of hydrogen-bond acceptors (Lipinski definition) is 8. The molecule has 2 atom stereocenters. The molecule has 0 saturated carbocycles. The van der Waals surface area contributed by atoms with Gasteiger partial charge in [0.2, 0.25) is 0 Å². The number of piperidine rings is 1. The van der Waals surface area contributed by atoms with E-state index in [0.29, 0.717) is 19.2 Å². The minimum Gasteiger partial charge on any atom is -0.383 e. The molecule has 0 radical (unpaired) electrons. The van der Waals surface area contributed by atoms with E-state index in [1.54, 1.807) is 18.4 Å². The molecule has 0 aliphatic carbocycles. The molecule has 0 aromatic carbocycles. The van der Waals surface area contributed by atoms with E-state index in [9.17, 15) is 0 Å². The van der Waals surface area contributed by atoms with E-state index in [4.69, 9.17) is 14.7 Å². The van der Waals surface area contributed by atoms with Crippen molar-refractivity contribution in [1.29, 1.82) is 0 Å². The molecule has 3 saturated heterocycles. The maximum absolute atomic E-state index is 5.24. The zero-order chi connectivity index (χ0) is 23.6. The average Bonchev–Trinajstić information content (AvgIpc) is 3.47. The largest absolute Gasteiger partial charge is 0.383 e. The second kappa shape index (κ2) is 10.0. The highest BCUT2D eigenvalue weighted by molar-refractivity contribution is 7.13. The van der Waals surface area contributed by atoms with E-state index in [2.05, 4.69) is 50.3 Å². The van der Waals surface area contributed by atoms with Crippen LogP contribution in [-0.2, 0) is 11.3 Å². The summed E-state index contributed by atoms with van der Waals surface area (Å²) in [6.07, 6.45) is 6.47. The number of pyridine rings is 1. The lowest BCUT2D eigenvalue weighted by Gasteiger charge is -2.23. The predicted octanol–water partition coefficient (Wildman–Crippen LogP) is 3.76. The molecule has 2 unspecified atom stereocenters. The second-order valence-corrected chi connectivity index (χ2v) is 10.5. The fourth-order valence-corrected chi connectivity index (χ4v) is 5.92. The van der Waals surface area contributed by atoms with Crippen LogP contribution in [0.25, 0.3) is 27.5 Å². The van der Waals surface area contributed by atoms with Crippen LogP contribution in [0.1, 0.15) is 18.4 Å². The van der Waals surface area contributed by atoms with Crippen LogP contribution in [0.15, 0.2) is 48.1 Å². The summed E-state index contributed by atoms with van der Waals surface area (Å²) in [7, 11) is 1.72. The maximum Gasteiger partial charge on any atom is 0.165 e. The van der Waals surface area contributed by atoms with Crippen LogP contribution in [0, 0.1) is 5.92 Å². The monoisotopic (exact) mass is 489 g/mol. The molecule has 35 heavy (non-hydrogen) atoms. The van der Waals surface area contributed by atoms with E-state index in [-0.39, 0.29) is 0 Å². The third-order valence-corrected chi connectivity index (χ3v) is 7.83. The molecule has 4 aromatic heterocycles. The van der Waals surface area contributed by atoms with E-state index in [1.807, 2.05) is 23.0 Å². The summed E-state index contributed by atoms with van der Waals surface area (Å²) in [5.74, 6) is 1.60. The van der Waals surface area contributed by atoms with E-state index in [1.165, 1.54) is 18.4 Å². The molecule has 2 bridgehead atoms. The van der Waals surface area contributed by atoms with Gasteiger partial charge >= 0.3 is 0 Å². The van der Waals surface area contributed by atoms with Crippen molar-refractivity contribution < 1.29 is 4.74 Å². The van der Waals surface area contributed by atoms with Crippen LogP contribution in [-0.4, -0.2) is 70.4 Å². The third kappa shape index (κ3) is 4.95. The molecule has 8 nitrogen and oxygen atoms in total. The van der Waals surface area contributed by atoms with Gasteiger partial charge in [-0.15, -0.1) is 11.3 Å². The van der Waals surface area contributed by atoms with Gasteiger partial charge in [-0.25, -0.2) is 14.5 Å². The number of nitrogens with zero attached hydrogens (tertiary/aromatic N) is 5. The smallest absolute Gasteiger partial charge is 0.165 e. The van der Waals surface area contributed by atoms with Gasteiger partial charge in [-0.05, 0) is 60.5 Å². The summed E-state index contributed by atoms with van der Waals surface area (Å²) in [4.78, 5) is 13.7. The topological polar surface area (TPSA) is 79.6 Å². The predicted molar refractivity (Wildman–Crippen MR) is 140 cm³/mol. The maximum atomic E-state index is 5.24. The minimum atomic E-state index is 0.605. The molecule has 3 aliphatic rings. The van der Waals surface area contributed by atoms with Crippen molar-refractivity contribution in [3.8, 4) is 21.8 Å². The van der Waals surface area contributed by atoms with Gasteiger partial charge in [0.15, 0.2) is 5.65 Å². The molecule has 3 aliphatic heterocycles. The fraction of sp³-hybridized carbons (Fsp3) is 0.423. The van der Waals surface area contributed by atoms with Crippen LogP contribution in [0.3, 0.4) is 0 Å². The zero-order valence-corrected chi connectivity index (χ0v) is 20.8. The van der Waals surface area contributed by atoms with Gasteiger partial charge < -0.3 is 15.4 Å². The molecule has 9 heteroatoms. The highest BCUT2D eigenvalue weighted by Crippen LogP contribution is 2.29. The molecule has 4 aromatic rings. The van der Waals surface area contributed by atoms with Crippen molar-refractivity contribution >= 4 is 22.8 Å². The Bertz CT molecular complexity index is 1270. The quantitative estimate of drug-likeness (QED) is 0.365. The Morgan fingerprint density at radius 1 is 1.17 bits per heavy atom. The Hall–Kier alpha value is -2.85. The minimum absolute atomic E-state index is 0.605. The zero-order valence-electron chi connectivity index (χ0n) is 20.0. The van der Waals surface area contributed by atoms with Crippen molar-refractivity contribution in [1.82, 2.24) is 29.8 Å². The lowest BCUT2D eigenvalue weighted by atomic mass is 9.97. The van der Waals surface area contributed by atoms with Gasteiger partial charge in [0.25, 0.3) is 0 Å². The van der Waals surface area contributed by atoms with E-state index >= 15 is 0 Å². The summed E-state index contributed by atoms with van der Waals surface area (Å²) in [5.41, 5.74) is 4.86. The van der Waals surface area contributed by atoms with Gasteiger partial charge in [-0.3, -0.25) is 4.90 Å². The number of methoxy groups -OCH3 is 1. The molecule has 3 fully saturated rings. The molecular formula is C26H31N7OS. The van der Waals surface area contributed by atoms with Gasteiger partial charge in [0.05, 0.1) is 34.6 Å². The van der Waals surface area contributed by atoms with Crippen LogP contribution >= 0.6 is 11.3 Å². The Labute approximate surface area is 209 Å². The normalized spacial score (nSPS) is 20.4. The first-order chi connectivity index (χ1) is 17.2. The highest BCUT2D eigenvalue weighted by Gasteiger charge is 2.29. The Balaban J connectivity index is 1.35. The summed E-state index contributed by atoms with van der Waals surface area (Å²) >= 11 is 1.69. The number of nitrogens with one attached hydrogen (secondary N) is 2. The summed E-state index contributed by atoms with van der Waals surface area (Å²) < 4.78 is 7.07.